The number of hydrogen-bond donors (Lipinski definition) is 3. The normalized spacial score (nSPS) is 16.6. The molecule has 2 aromatic rings. The topological polar surface area (TPSA) is 88.7 Å². The molecule has 200 valence electrons. The molecule has 1 aliphatic rings. The molecule has 0 bridgehead atoms. The van der Waals surface area contributed by atoms with Gasteiger partial charge in [-0.3, -0.25) is 9.59 Å². The van der Waals surface area contributed by atoms with Crippen LogP contribution in [0.25, 0.3) is 0 Å². The Morgan fingerprint density at radius 3 is 2.38 bits per heavy atom. The molecule has 0 aromatic heterocycles. The lowest BCUT2D eigenvalue weighted by Gasteiger charge is -2.29. The molecule has 7 nitrogen and oxygen atoms in total. The van der Waals surface area contributed by atoms with Crippen LogP contribution in [0.15, 0.2) is 53.0 Å². The van der Waals surface area contributed by atoms with Crippen LogP contribution in [0.5, 0.6) is 0 Å². The van der Waals surface area contributed by atoms with Crippen molar-refractivity contribution >= 4 is 46.5 Å². The van der Waals surface area contributed by atoms with Crippen LogP contribution in [0.3, 0.4) is 0 Å². The van der Waals surface area contributed by atoms with Crippen LogP contribution < -0.4 is 16.0 Å². The number of benzene rings is 2. The molecule has 2 amide bonds. The van der Waals surface area contributed by atoms with Crippen LogP contribution in [-0.2, 0) is 20.5 Å². The van der Waals surface area contributed by atoms with Gasteiger partial charge in [0.15, 0.2) is 0 Å². The minimum atomic E-state index is -0.806. The van der Waals surface area contributed by atoms with Crippen LogP contribution in [-0.4, -0.2) is 57.2 Å². The quantitative estimate of drug-likeness (QED) is 0.376. The zero-order valence-electron chi connectivity index (χ0n) is 21.5. The first-order chi connectivity index (χ1) is 17.8. The van der Waals surface area contributed by atoms with E-state index >= 15 is 0 Å². The first-order valence-corrected chi connectivity index (χ1v) is 14.0. The molecule has 1 heterocycles. The van der Waals surface area contributed by atoms with Crippen molar-refractivity contribution < 1.29 is 18.9 Å². The average molecular weight is 593 g/mol. The molecule has 1 fully saturated rings. The maximum atomic E-state index is 13.7. The summed E-state index contributed by atoms with van der Waals surface area (Å²) in [6.07, 6.45) is 2.75. The fourth-order valence-corrected chi connectivity index (χ4v) is 4.79. The van der Waals surface area contributed by atoms with E-state index in [4.69, 9.17) is 20.9 Å². The lowest BCUT2D eigenvalue weighted by Crippen LogP contribution is -2.56. The average Bonchev–Trinajstić information content (AvgIpc) is 2.88. The van der Waals surface area contributed by atoms with Gasteiger partial charge in [-0.1, -0.05) is 55.8 Å². The second-order valence-electron chi connectivity index (χ2n) is 9.65. The Morgan fingerprint density at radius 1 is 1.05 bits per heavy atom. The van der Waals surface area contributed by atoms with Gasteiger partial charge in [0.25, 0.3) is 5.91 Å². The number of rotatable bonds is 9. The molecule has 3 rings (SSSR count). The highest BCUT2D eigenvalue weighted by atomic mass is 79.9. The molecule has 10 heteroatoms. The van der Waals surface area contributed by atoms with Gasteiger partial charge >= 0.3 is 7.12 Å². The monoisotopic (exact) mass is 591 g/mol. The van der Waals surface area contributed by atoms with Crippen LogP contribution in [0.2, 0.25) is 5.02 Å². The summed E-state index contributed by atoms with van der Waals surface area (Å²) in [6, 6.07) is 13.8. The number of halogens is 2. The maximum absolute atomic E-state index is 13.7. The summed E-state index contributed by atoms with van der Waals surface area (Å²) in [4.78, 5) is 26.9. The van der Waals surface area contributed by atoms with Crippen LogP contribution in [0, 0.1) is 5.92 Å². The number of amides is 2. The van der Waals surface area contributed by atoms with Gasteiger partial charge < -0.3 is 25.3 Å². The van der Waals surface area contributed by atoms with Gasteiger partial charge in [-0.15, -0.1) is 0 Å². The molecule has 0 aliphatic carbocycles. The predicted octanol–water partition coefficient (Wildman–Crippen LogP) is 4.42. The highest BCUT2D eigenvalue weighted by Gasteiger charge is 2.35. The van der Waals surface area contributed by atoms with Crippen molar-refractivity contribution in [1.29, 1.82) is 0 Å². The zero-order valence-corrected chi connectivity index (χ0v) is 23.8. The zero-order chi connectivity index (χ0) is 26.6. The maximum Gasteiger partial charge on any atom is 0.480 e. The summed E-state index contributed by atoms with van der Waals surface area (Å²) in [6.45, 7) is 7.05. The van der Waals surface area contributed by atoms with Gasteiger partial charge in [-0.2, -0.15) is 0 Å². The first-order valence-electron chi connectivity index (χ1n) is 12.9. The minimum absolute atomic E-state index is 0.285. The third-order valence-corrected chi connectivity index (χ3v) is 6.95. The Labute approximate surface area is 233 Å². The highest BCUT2D eigenvalue weighted by Crippen LogP contribution is 2.21. The Kier molecular flexibility index (Phi) is 12.4. The van der Waals surface area contributed by atoms with Crippen molar-refractivity contribution in [2.24, 2.45) is 5.92 Å². The van der Waals surface area contributed by atoms with E-state index in [-0.39, 0.29) is 17.8 Å². The third kappa shape index (κ3) is 10.1. The van der Waals surface area contributed by atoms with E-state index in [0.717, 1.165) is 31.5 Å². The highest BCUT2D eigenvalue weighted by molar-refractivity contribution is 9.10. The summed E-state index contributed by atoms with van der Waals surface area (Å²) in [5.41, 5.74) is 1.30. The largest absolute Gasteiger partial charge is 0.480 e. The molecule has 0 spiro atoms. The SMILES string of the molecule is CC(C)C[C@H](NC(=O)[C@H](Cc1ccccc1)NC(=O)c1cc(Cl)ccc1Br)B1OCCCNCCCO1. The lowest BCUT2D eigenvalue weighted by molar-refractivity contribution is -0.123. The number of carbonyl (C=O) groups is 2. The van der Waals surface area contributed by atoms with E-state index in [1.54, 1.807) is 18.2 Å². The van der Waals surface area contributed by atoms with Gasteiger partial charge in [0.1, 0.15) is 6.04 Å². The van der Waals surface area contributed by atoms with E-state index in [9.17, 15) is 9.59 Å². The second kappa shape index (κ2) is 15.5. The Bertz CT molecular complexity index is 1000. The molecule has 3 N–H and O–H groups in total. The first kappa shape index (κ1) is 29.6. The number of nitrogens with one attached hydrogen (secondary N) is 3. The van der Waals surface area contributed by atoms with E-state index < -0.39 is 13.2 Å². The second-order valence-corrected chi connectivity index (χ2v) is 10.9. The lowest BCUT2D eigenvalue weighted by atomic mass is 9.73. The molecule has 1 saturated heterocycles. The van der Waals surface area contributed by atoms with Crippen LogP contribution >= 0.6 is 27.5 Å². The molecule has 2 atom stereocenters. The Morgan fingerprint density at radius 2 is 1.73 bits per heavy atom. The minimum Gasteiger partial charge on any atom is -0.410 e. The van der Waals surface area contributed by atoms with Gasteiger partial charge in [0, 0.05) is 29.1 Å². The molecule has 0 unspecified atom stereocenters. The van der Waals surface area contributed by atoms with Gasteiger partial charge in [0.05, 0.1) is 11.5 Å². The van der Waals surface area contributed by atoms with Gasteiger partial charge in [-0.25, -0.2) is 0 Å². The van der Waals surface area contributed by atoms with Gasteiger partial charge in [-0.05, 0) is 78.0 Å². The standard InChI is InChI=1S/C27H36BBrClN3O4/c1-19(2)16-25(28-36-14-6-12-31-13-7-15-37-28)33-27(35)24(17-20-8-4-3-5-9-20)32-26(34)22-18-21(30)10-11-23(22)29/h3-5,8-11,18-19,24-25,31H,6-7,12-17H2,1-2H3,(H,32,34)(H,33,35)/t24-,25-/m0/s1. The molecule has 37 heavy (non-hydrogen) atoms. The molecule has 0 saturated carbocycles. The summed E-state index contributed by atoms with van der Waals surface area (Å²) in [7, 11) is -0.556. The van der Waals surface area contributed by atoms with Crippen molar-refractivity contribution in [1.82, 2.24) is 16.0 Å². The van der Waals surface area contributed by atoms with Gasteiger partial charge in [0.2, 0.25) is 5.91 Å². The van der Waals surface area contributed by atoms with E-state index in [1.165, 1.54) is 0 Å². The summed E-state index contributed by atoms with van der Waals surface area (Å²) < 4.78 is 12.7. The fraction of sp³-hybridized carbons (Fsp3) is 0.481. The predicted molar refractivity (Wildman–Crippen MR) is 152 cm³/mol. The molecule has 0 radical (unpaired) electrons. The molecule has 2 aromatic carbocycles. The Balaban J connectivity index is 1.80. The van der Waals surface area contributed by atoms with E-state index in [1.807, 2.05) is 30.3 Å². The molecular weight excluding hydrogens is 556 g/mol. The van der Waals surface area contributed by atoms with Crippen LogP contribution in [0.4, 0.5) is 0 Å². The van der Waals surface area contributed by atoms with Crippen molar-refractivity contribution in [3.05, 3.63) is 69.2 Å². The van der Waals surface area contributed by atoms with Crippen molar-refractivity contribution in [3.8, 4) is 0 Å². The van der Waals surface area contributed by atoms with Crippen molar-refractivity contribution in [3.63, 3.8) is 0 Å². The number of hydrogen-bond acceptors (Lipinski definition) is 5. The molecular formula is C27H36BBrClN3O4. The third-order valence-electron chi connectivity index (χ3n) is 6.02. The molecule has 1 aliphatic heterocycles. The Hall–Kier alpha value is -1.91. The van der Waals surface area contributed by atoms with E-state index in [2.05, 4.69) is 45.7 Å². The fourth-order valence-electron chi connectivity index (χ4n) is 4.19. The smallest absolute Gasteiger partial charge is 0.410 e. The van der Waals surface area contributed by atoms with Crippen molar-refractivity contribution in [2.75, 3.05) is 26.3 Å². The summed E-state index contributed by atoms with van der Waals surface area (Å²) >= 11 is 9.54. The van der Waals surface area contributed by atoms with Crippen LogP contribution in [0.1, 0.15) is 49.0 Å². The van der Waals surface area contributed by atoms with E-state index in [0.29, 0.717) is 47.0 Å². The summed E-state index contributed by atoms with van der Waals surface area (Å²) in [5, 5.41) is 9.87. The number of carbonyl (C=O) groups excluding carboxylic acids is 2. The summed E-state index contributed by atoms with van der Waals surface area (Å²) in [5.74, 6) is -0.719. The van der Waals surface area contributed by atoms with Crippen molar-refractivity contribution in [2.45, 2.75) is 51.5 Å².